The van der Waals surface area contributed by atoms with Crippen LogP contribution in [0.3, 0.4) is 0 Å². The average molecular weight is 413 g/mol. The molecule has 0 aliphatic heterocycles. The molecular formula is C27H42NO2+. The summed E-state index contributed by atoms with van der Waals surface area (Å²) in [6.45, 7) is 6.25. The van der Waals surface area contributed by atoms with Gasteiger partial charge in [0, 0.05) is 5.56 Å². The normalized spacial score (nSPS) is 11.6. The van der Waals surface area contributed by atoms with Gasteiger partial charge in [0.05, 0.1) is 27.3 Å². The molecule has 0 amide bonds. The van der Waals surface area contributed by atoms with E-state index in [0.717, 1.165) is 29.9 Å². The first kappa shape index (κ1) is 24.4. The molecule has 0 N–H and O–H groups in total. The van der Waals surface area contributed by atoms with Crippen LogP contribution in [0.5, 0.6) is 5.75 Å². The Labute approximate surface area is 184 Å². The van der Waals surface area contributed by atoms with Crippen molar-refractivity contribution in [2.45, 2.75) is 58.4 Å². The lowest BCUT2D eigenvalue weighted by Crippen LogP contribution is -2.41. The van der Waals surface area contributed by atoms with Gasteiger partial charge in [-0.25, -0.2) is 0 Å². The second-order valence-corrected chi connectivity index (χ2v) is 8.93. The van der Waals surface area contributed by atoms with Crippen LogP contribution in [-0.4, -0.2) is 44.9 Å². The van der Waals surface area contributed by atoms with Crippen LogP contribution in [-0.2, 0) is 17.7 Å². The van der Waals surface area contributed by atoms with Gasteiger partial charge >= 0.3 is 0 Å². The molecule has 2 aromatic carbocycles. The van der Waals surface area contributed by atoms with Gasteiger partial charge in [-0.05, 0) is 30.5 Å². The van der Waals surface area contributed by atoms with Gasteiger partial charge in [-0.15, -0.1) is 0 Å². The fourth-order valence-corrected chi connectivity index (χ4v) is 3.65. The molecule has 0 heterocycles. The Kier molecular flexibility index (Phi) is 11.6. The number of unbranched alkanes of at least 4 members (excludes halogenated alkanes) is 5. The monoisotopic (exact) mass is 412 g/mol. The predicted octanol–water partition coefficient (Wildman–Crippen LogP) is 6.26. The van der Waals surface area contributed by atoms with Crippen molar-refractivity contribution in [2.24, 2.45) is 0 Å². The number of likely N-dealkylation sites (N-methyl/N-ethyl adjacent to an activating group) is 1. The van der Waals surface area contributed by atoms with E-state index in [2.05, 4.69) is 75.6 Å². The summed E-state index contributed by atoms with van der Waals surface area (Å²) < 4.78 is 12.6. The third-order valence-electron chi connectivity index (χ3n) is 5.53. The van der Waals surface area contributed by atoms with Gasteiger partial charge in [0.25, 0.3) is 0 Å². The zero-order valence-corrected chi connectivity index (χ0v) is 19.4. The highest BCUT2D eigenvalue weighted by atomic mass is 16.5. The topological polar surface area (TPSA) is 18.5 Å². The van der Waals surface area contributed by atoms with Crippen LogP contribution >= 0.6 is 0 Å². The van der Waals surface area contributed by atoms with Crippen molar-refractivity contribution in [3.8, 4) is 5.75 Å². The largest absolute Gasteiger partial charge is 0.491 e. The molecule has 0 unspecified atom stereocenters. The Hall–Kier alpha value is -1.84. The van der Waals surface area contributed by atoms with Gasteiger partial charge in [-0.2, -0.15) is 0 Å². The van der Waals surface area contributed by atoms with E-state index in [4.69, 9.17) is 9.47 Å². The minimum atomic E-state index is 0.600. The van der Waals surface area contributed by atoms with Gasteiger partial charge in [0.1, 0.15) is 25.4 Å². The summed E-state index contributed by atoms with van der Waals surface area (Å²) in [6.07, 6.45) is 9.25. The van der Waals surface area contributed by atoms with Crippen molar-refractivity contribution in [3.05, 3.63) is 65.7 Å². The molecule has 0 spiro atoms. The van der Waals surface area contributed by atoms with Gasteiger partial charge < -0.3 is 14.0 Å². The molecule has 2 aromatic rings. The van der Waals surface area contributed by atoms with Gasteiger partial charge in [-0.3, -0.25) is 0 Å². The molecule has 0 saturated heterocycles. The Morgan fingerprint density at radius 3 is 2.13 bits per heavy atom. The maximum atomic E-state index is 5.83. The van der Waals surface area contributed by atoms with E-state index >= 15 is 0 Å². The summed E-state index contributed by atoms with van der Waals surface area (Å²) in [5, 5.41) is 0. The summed E-state index contributed by atoms with van der Waals surface area (Å²) in [7, 11) is 4.50. The van der Waals surface area contributed by atoms with E-state index in [1.54, 1.807) is 0 Å². The molecule has 3 nitrogen and oxygen atoms in total. The molecule has 0 aliphatic carbocycles. The Balaban J connectivity index is 1.53. The van der Waals surface area contributed by atoms with Gasteiger partial charge in [0.15, 0.2) is 0 Å². The molecule has 3 heteroatoms. The number of ether oxygens (including phenoxy) is 2. The standard InChI is InChI=1S/C27H42NO2/c1-4-5-6-7-8-10-13-25-16-18-27(19-17-25)30-23-22-29-21-20-28(2,3)24-26-14-11-9-12-15-26/h9,11-12,14-19H,4-8,10,13,20-24H2,1-3H3/q+1. The third kappa shape index (κ3) is 10.8. The number of rotatable bonds is 16. The summed E-state index contributed by atoms with van der Waals surface area (Å²) in [5.74, 6) is 0.936. The number of hydrogen-bond donors (Lipinski definition) is 0. The predicted molar refractivity (Wildman–Crippen MR) is 127 cm³/mol. The second kappa shape index (κ2) is 14.2. The highest BCUT2D eigenvalue weighted by molar-refractivity contribution is 5.27. The first-order valence-electron chi connectivity index (χ1n) is 11.7. The number of quaternary nitrogens is 1. The second-order valence-electron chi connectivity index (χ2n) is 8.93. The smallest absolute Gasteiger partial charge is 0.119 e. The molecule has 0 saturated carbocycles. The van der Waals surface area contributed by atoms with Crippen molar-refractivity contribution >= 4 is 0 Å². The van der Waals surface area contributed by atoms with Crippen molar-refractivity contribution in [2.75, 3.05) is 40.5 Å². The summed E-state index contributed by atoms with van der Waals surface area (Å²) >= 11 is 0. The summed E-state index contributed by atoms with van der Waals surface area (Å²) in [6, 6.07) is 19.2. The zero-order chi connectivity index (χ0) is 21.5. The molecule has 30 heavy (non-hydrogen) atoms. The quantitative estimate of drug-likeness (QED) is 0.239. The molecule has 0 fully saturated rings. The lowest BCUT2D eigenvalue weighted by atomic mass is 10.0. The first-order chi connectivity index (χ1) is 14.6. The number of benzene rings is 2. The van der Waals surface area contributed by atoms with Crippen LogP contribution in [0.15, 0.2) is 54.6 Å². The van der Waals surface area contributed by atoms with Crippen LogP contribution in [0.4, 0.5) is 0 Å². The third-order valence-corrected chi connectivity index (χ3v) is 5.53. The molecule has 2 rings (SSSR count). The molecular weight excluding hydrogens is 370 g/mol. The van der Waals surface area contributed by atoms with Crippen molar-refractivity contribution in [3.63, 3.8) is 0 Å². The first-order valence-corrected chi connectivity index (χ1v) is 11.7. The molecule has 166 valence electrons. The van der Waals surface area contributed by atoms with Crippen LogP contribution < -0.4 is 4.74 Å². The Bertz CT molecular complexity index is 667. The van der Waals surface area contributed by atoms with E-state index in [0.29, 0.717) is 13.2 Å². The van der Waals surface area contributed by atoms with Gasteiger partial charge in [0.2, 0.25) is 0 Å². The maximum Gasteiger partial charge on any atom is 0.119 e. The van der Waals surface area contributed by atoms with Crippen molar-refractivity contribution in [1.82, 2.24) is 0 Å². The van der Waals surface area contributed by atoms with Crippen LogP contribution in [0.2, 0.25) is 0 Å². The van der Waals surface area contributed by atoms with Crippen LogP contribution in [0.25, 0.3) is 0 Å². The summed E-state index contributed by atoms with van der Waals surface area (Å²) in [5.41, 5.74) is 2.78. The molecule has 0 aliphatic rings. The lowest BCUT2D eigenvalue weighted by molar-refractivity contribution is -0.904. The average Bonchev–Trinajstić information content (AvgIpc) is 2.74. The maximum absolute atomic E-state index is 5.83. The summed E-state index contributed by atoms with van der Waals surface area (Å²) in [4.78, 5) is 0. The van der Waals surface area contributed by atoms with E-state index in [1.807, 2.05) is 0 Å². The SMILES string of the molecule is CCCCCCCCc1ccc(OCCOCC[N+](C)(C)Cc2ccccc2)cc1. The van der Waals surface area contributed by atoms with E-state index in [-0.39, 0.29) is 0 Å². The minimum absolute atomic E-state index is 0.600. The van der Waals surface area contributed by atoms with E-state index < -0.39 is 0 Å². The van der Waals surface area contributed by atoms with Crippen molar-refractivity contribution < 1.29 is 14.0 Å². The van der Waals surface area contributed by atoms with E-state index in [9.17, 15) is 0 Å². The Morgan fingerprint density at radius 2 is 1.40 bits per heavy atom. The molecule has 0 aromatic heterocycles. The van der Waals surface area contributed by atoms with Gasteiger partial charge in [-0.1, -0.05) is 81.5 Å². The molecule has 0 bridgehead atoms. The van der Waals surface area contributed by atoms with Crippen molar-refractivity contribution in [1.29, 1.82) is 0 Å². The fourth-order valence-electron chi connectivity index (χ4n) is 3.65. The Morgan fingerprint density at radius 1 is 0.700 bits per heavy atom. The zero-order valence-electron chi connectivity index (χ0n) is 19.4. The minimum Gasteiger partial charge on any atom is -0.491 e. The fraction of sp³-hybridized carbons (Fsp3) is 0.556. The lowest BCUT2D eigenvalue weighted by Gasteiger charge is -2.29. The molecule has 0 radical (unpaired) electrons. The number of hydrogen-bond acceptors (Lipinski definition) is 2. The number of aryl methyl sites for hydroxylation is 1. The highest BCUT2D eigenvalue weighted by Crippen LogP contribution is 2.15. The molecule has 0 atom stereocenters. The van der Waals surface area contributed by atoms with Crippen LogP contribution in [0.1, 0.15) is 56.6 Å². The number of nitrogens with zero attached hydrogens (tertiary/aromatic N) is 1. The van der Waals surface area contributed by atoms with E-state index in [1.165, 1.54) is 56.1 Å². The highest BCUT2D eigenvalue weighted by Gasteiger charge is 2.15. The van der Waals surface area contributed by atoms with Crippen LogP contribution in [0, 0.1) is 0 Å².